The Morgan fingerprint density at radius 2 is 1.70 bits per heavy atom. The van der Waals surface area contributed by atoms with Gasteiger partial charge in [0, 0.05) is 46.8 Å². The van der Waals surface area contributed by atoms with Gasteiger partial charge in [0.05, 0.1) is 39.6 Å². The highest BCUT2D eigenvalue weighted by Crippen LogP contribution is 2.45. The maximum absolute atomic E-state index is 14.3. The lowest BCUT2D eigenvalue weighted by Crippen LogP contribution is -2.48. The molecule has 14 heteroatoms. The van der Waals surface area contributed by atoms with E-state index in [0.29, 0.717) is 29.0 Å². The number of nitrogens with one attached hydrogen (secondary N) is 1. The van der Waals surface area contributed by atoms with Gasteiger partial charge in [-0.3, -0.25) is 9.59 Å². The van der Waals surface area contributed by atoms with Crippen LogP contribution in [0.15, 0.2) is 70.7 Å². The number of thiazole rings is 1. The number of benzene rings is 2. The highest BCUT2D eigenvalue weighted by Gasteiger charge is 2.44. The number of phenolic OH excluding ortho intramolecular Hbond substituents is 1. The van der Waals surface area contributed by atoms with Crippen LogP contribution in [-0.2, 0) is 9.59 Å². The molecule has 9 rings (SSSR count). The highest BCUT2D eigenvalue weighted by molar-refractivity contribution is 7.19. The molecule has 0 bridgehead atoms. The van der Waals surface area contributed by atoms with Crippen LogP contribution in [0.2, 0.25) is 0 Å². The summed E-state index contributed by atoms with van der Waals surface area (Å²) >= 11 is 3.35. The average molecular weight is 860 g/mol. The van der Waals surface area contributed by atoms with E-state index in [9.17, 15) is 19.8 Å². The van der Waals surface area contributed by atoms with Gasteiger partial charge in [-0.25, -0.2) is 4.98 Å². The Morgan fingerprint density at radius 3 is 2.41 bits per heavy atom. The van der Waals surface area contributed by atoms with Crippen LogP contribution in [0.4, 0.5) is 0 Å². The lowest BCUT2D eigenvalue weighted by molar-refractivity contribution is -0.141. The number of carbonyl (C=O) groups excluding carboxylic acids is 2. The molecule has 2 saturated heterocycles. The van der Waals surface area contributed by atoms with Crippen LogP contribution in [-0.4, -0.2) is 90.0 Å². The fourth-order valence-electron chi connectivity index (χ4n) is 9.66. The standard InChI is InChI=1S/C47H53N7O5S2/c1-25(2)42(47(58)54-23-34(55)20-39(54)45(57)49-27(4)29-10-12-30(13-11-29)44-28(5)48-24-60-44)41-22-37(52-59-41)32-18-33(19-32)53-16-14-31(15-17-53)43-26(3)36-21-38(50-51-46(36)61-43)35-8-6-7-9-40(35)56/h6-13,21-22,24-25,27,31-34,39,42,55-56H,14-20,23H2,1-5H3,(H,49,57)/t27-,32?,33?,34+,39-,42?/m0/s1. The number of para-hydroxylation sites is 1. The third-order valence-corrected chi connectivity index (χ3v) is 15.6. The van der Waals surface area contributed by atoms with Gasteiger partial charge in [0.15, 0.2) is 0 Å². The summed E-state index contributed by atoms with van der Waals surface area (Å²) in [5.41, 5.74) is 8.39. The molecule has 0 radical (unpaired) electrons. The molecule has 3 fully saturated rings. The van der Waals surface area contributed by atoms with Gasteiger partial charge in [0.1, 0.15) is 28.3 Å². The van der Waals surface area contributed by atoms with Crippen LogP contribution in [0.5, 0.6) is 5.75 Å². The Hall–Kier alpha value is -5.02. The second kappa shape index (κ2) is 17.0. The second-order valence-corrected chi connectivity index (χ2v) is 19.5. The van der Waals surface area contributed by atoms with E-state index in [0.717, 1.165) is 76.4 Å². The molecule has 0 spiro atoms. The molecule has 1 unspecified atom stereocenters. The van der Waals surface area contributed by atoms with E-state index in [-0.39, 0.29) is 48.4 Å². The van der Waals surface area contributed by atoms with Crippen molar-refractivity contribution in [3.8, 4) is 27.4 Å². The Morgan fingerprint density at radius 1 is 0.951 bits per heavy atom. The summed E-state index contributed by atoms with van der Waals surface area (Å²) in [6.45, 7) is 12.2. The predicted molar refractivity (Wildman–Crippen MR) is 238 cm³/mol. The van der Waals surface area contributed by atoms with Crippen LogP contribution < -0.4 is 5.32 Å². The van der Waals surface area contributed by atoms with Crippen molar-refractivity contribution in [2.24, 2.45) is 5.92 Å². The van der Waals surface area contributed by atoms with Crippen molar-refractivity contribution in [2.75, 3.05) is 19.6 Å². The number of β-amino-alcohol motifs (C(OH)–C–C–N with tert-alkyl or cyclic N) is 1. The molecular weight excluding hydrogens is 807 g/mol. The first-order valence-electron chi connectivity index (χ1n) is 21.5. The van der Waals surface area contributed by atoms with Crippen molar-refractivity contribution >= 4 is 44.7 Å². The van der Waals surface area contributed by atoms with Crippen LogP contribution in [0, 0.1) is 19.8 Å². The summed E-state index contributed by atoms with van der Waals surface area (Å²) in [7, 11) is 0. The van der Waals surface area contributed by atoms with Gasteiger partial charge in [0.2, 0.25) is 11.8 Å². The first-order valence-corrected chi connectivity index (χ1v) is 23.2. The maximum Gasteiger partial charge on any atom is 0.243 e. The number of fused-ring (bicyclic) bond motifs is 1. The monoisotopic (exact) mass is 859 g/mol. The molecule has 318 valence electrons. The molecule has 61 heavy (non-hydrogen) atoms. The minimum absolute atomic E-state index is 0.0938. The topological polar surface area (TPSA) is 158 Å². The molecule has 6 heterocycles. The zero-order valence-corrected chi connectivity index (χ0v) is 36.9. The number of aryl methyl sites for hydroxylation is 2. The normalized spacial score (nSPS) is 22.1. The number of aromatic hydroxyl groups is 1. The third-order valence-electron chi connectivity index (χ3n) is 13.3. The van der Waals surface area contributed by atoms with Gasteiger partial charge in [-0.1, -0.05) is 55.4 Å². The van der Waals surface area contributed by atoms with Crippen LogP contribution in [0.25, 0.3) is 31.9 Å². The number of amides is 2. The molecular formula is C47H53N7O5S2. The zero-order chi connectivity index (χ0) is 42.5. The van der Waals surface area contributed by atoms with E-state index in [1.807, 2.05) is 81.7 Å². The first kappa shape index (κ1) is 41.3. The average Bonchev–Trinajstić information content (AvgIpc) is 4.05. The molecule has 1 saturated carbocycles. The minimum atomic E-state index is -0.792. The second-order valence-electron chi connectivity index (χ2n) is 17.6. The molecule has 4 aromatic heterocycles. The van der Waals surface area contributed by atoms with Gasteiger partial charge in [0.25, 0.3) is 0 Å². The minimum Gasteiger partial charge on any atom is -0.507 e. The Balaban J connectivity index is 0.797. The fourth-order valence-corrected chi connectivity index (χ4v) is 11.8. The van der Waals surface area contributed by atoms with Crippen molar-refractivity contribution in [1.82, 2.24) is 35.5 Å². The van der Waals surface area contributed by atoms with Crippen LogP contribution in [0.1, 0.15) is 110 Å². The molecule has 2 amide bonds. The van der Waals surface area contributed by atoms with E-state index in [1.165, 1.54) is 10.4 Å². The van der Waals surface area contributed by atoms with Gasteiger partial charge in [-0.15, -0.1) is 32.9 Å². The maximum atomic E-state index is 14.3. The quantitative estimate of drug-likeness (QED) is 0.115. The van der Waals surface area contributed by atoms with E-state index < -0.39 is 18.1 Å². The van der Waals surface area contributed by atoms with E-state index in [4.69, 9.17) is 4.52 Å². The van der Waals surface area contributed by atoms with Crippen molar-refractivity contribution in [2.45, 2.75) is 109 Å². The van der Waals surface area contributed by atoms with Crippen molar-refractivity contribution < 1.29 is 24.3 Å². The number of phenols is 1. The molecule has 2 aromatic carbocycles. The van der Waals surface area contributed by atoms with Crippen LogP contribution in [0.3, 0.4) is 0 Å². The van der Waals surface area contributed by atoms with Crippen molar-refractivity contribution in [3.63, 3.8) is 0 Å². The molecule has 3 aliphatic rings. The fraction of sp³-hybridized carbons (Fsp3) is 0.447. The number of thiophene rings is 1. The van der Waals surface area contributed by atoms with E-state index in [1.54, 1.807) is 33.6 Å². The highest BCUT2D eigenvalue weighted by atomic mass is 32.1. The molecule has 12 nitrogen and oxygen atoms in total. The van der Waals surface area contributed by atoms with Gasteiger partial charge < -0.3 is 29.9 Å². The summed E-state index contributed by atoms with van der Waals surface area (Å²) in [6, 6.07) is 18.8. The largest absolute Gasteiger partial charge is 0.507 e. The SMILES string of the molecule is Cc1ncsc1-c1ccc([C@H](C)NC(=O)[C@@H]2C[C@@H](O)CN2C(=O)C(c2cc(C3CC(N4CCC(c5sc6nnc(-c7ccccc7O)cc6c5C)CC4)C3)no2)C(C)C)cc1. The molecule has 2 aliphatic heterocycles. The van der Waals surface area contributed by atoms with Gasteiger partial charge >= 0.3 is 0 Å². The van der Waals surface area contributed by atoms with Gasteiger partial charge in [-0.2, -0.15) is 0 Å². The summed E-state index contributed by atoms with van der Waals surface area (Å²) in [6.07, 6.45) is 3.56. The smallest absolute Gasteiger partial charge is 0.243 e. The Bertz CT molecular complexity index is 2540. The number of piperidine rings is 1. The summed E-state index contributed by atoms with van der Waals surface area (Å²) in [4.78, 5) is 40.0. The predicted octanol–water partition coefficient (Wildman–Crippen LogP) is 8.50. The Kier molecular flexibility index (Phi) is 11.5. The number of carbonyl (C=O) groups is 2. The van der Waals surface area contributed by atoms with Crippen molar-refractivity contribution in [1.29, 1.82) is 0 Å². The number of hydrogen-bond donors (Lipinski definition) is 3. The molecule has 4 atom stereocenters. The number of likely N-dealkylation sites (tertiary alicyclic amines) is 2. The van der Waals surface area contributed by atoms with Crippen molar-refractivity contribution in [3.05, 3.63) is 99.3 Å². The van der Waals surface area contributed by atoms with E-state index >= 15 is 0 Å². The number of aromatic nitrogens is 4. The van der Waals surface area contributed by atoms with Gasteiger partial charge in [-0.05, 0) is 106 Å². The van der Waals surface area contributed by atoms with E-state index in [2.05, 4.69) is 43.5 Å². The molecule has 6 aromatic rings. The number of nitrogens with zero attached hydrogens (tertiary/aromatic N) is 6. The lowest BCUT2D eigenvalue weighted by atomic mass is 9.76. The molecule has 3 N–H and O–H groups in total. The summed E-state index contributed by atoms with van der Waals surface area (Å²) in [5.74, 6) is 0.217. The summed E-state index contributed by atoms with van der Waals surface area (Å²) < 4.78 is 5.93. The summed E-state index contributed by atoms with van der Waals surface area (Å²) in [5, 5.41) is 38.8. The Labute approximate surface area is 364 Å². The first-order chi connectivity index (χ1) is 29.4. The zero-order valence-electron chi connectivity index (χ0n) is 35.2. The van der Waals surface area contributed by atoms with Crippen LogP contribution >= 0.6 is 22.7 Å². The number of aliphatic hydroxyl groups excluding tert-OH is 1. The number of aliphatic hydroxyl groups is 1. The number of hydrogen-bond acceptors (Lipinski definition) is 12. The third kappa shape index (κ3) is 8.11. The number of rotatable bonds is 11. The molecule has 1 aliphatic carbocycles. The lowest BCUT2D eigenvalue weighted by Gasteiger charge is -2.45.